The summed E-state index contributed by atoms with van der Waals surface area (Å²) in [5.41, 5.74) is 0.634. The highest BCUT2D eigenvalue weighted by Gasteiger charge is 2.63. The normalized spacial score (nSPS) is 33.3. The fourth-order valence-corrected chi connectivity index (χ4v) is 7.73. The number of nitrogens with one attached hydrogen (secondary N) is 1. The number of carbonyl (C=O) groups is 1. The van der Waals surface area contributed by atoms with Crippen LogP contribution in [-0.2, 0) is 26.0 Å². The molecule has 4 aliphatic rings. The van der Waals surface area contributed by atoms with Gasteiger partial charge >= 0.3 is 0 Å². The largest absolute Gasteiger partial charge is 0.369 e. The number of carbonyl (C=O) groups excluding carboxylic acids is 1. The van der Waals surface area contributed by atoms with Gasteiger partial charge in [0, 0.05) is 37.3 Å². The zero-order valence-electron chi connectivity index (χ0n) is 17.3. The van der Waals surface area contributed by atoms with Crippen molar-refractivity contribution in [2.75, 3.05) is 25.4 Å². The lowest BCUT2D eigenvalue weighted by Crippen LogP contribution is -2.42. The lowest BCUT2D eigenvalue weighted by Gasteiger charge is -2.29. The number of sulfonamides is 1. The highest BCUT2D eigenvalue weighted by molar-refractivity contribution is 7.89. The van der Waals surface area contributed by atoms with Crippen molar-refractivity contribution in [3.8, 4) is 0 Å². The number of nitrogens with zero attached hydrogens (tertiary/aromatic N) is 2. The van der Waals surface area contributed by atoms with Crippen LogP contribution in [-0.4, -0.2) is 61.3 Å². The van der Waals surface area contributed by atoms with Crippen LogP contribution >= 0.6 is 0 Å². The van der Waals surface area contributed by atoms with Gasteiger partial charge in [0.05, 0.1) is 30.4 Å². The maximum Gasteiger partial charge on any atom is 0.227 e. The smallest absolute Gasteiger partial charge is 0.227 e. The Morgan fingerprint density at radius 1 is 1.30 bits per heavy atom. The highest BCUT2D eigenvalue weighted by atomic mass is 32.2. The van der Waals surface area contributed by atoms with Crippen molar-refractivity contribution in [2.24, 2.45) is 17.8 Å². The fraction of sp³-hybridized carbons (Fsp3) is 0.727. The molecule has 5 rings (SSSR count). The van der Waals surface area contributed by atoms with E-state index in [9.17, 15) is 13.2 Å². The summed E-state index contributed by atoms with van der Waals surface area (Å²) in [5, 5.41) is 0. The number of amides is 1. The van der Waals surface area contributed by atoms with E-state index in [1.807, 2.05) is 17.0 Å². The molecule has 3 aliphatic heterocycles. The van der Waals surface area contributed by atoms with Crippen LogP contribution < -0.4 is 4.72 Å². The van der Waals surface area contributed by atoms with Gasteiger partial charge in [0.2, 0.25) is 15.9 Å². The van der Waals surface area contributed by atoms with Gasteiger partial charge in [-0.3, -0.25) is 9.78 Å². The van der Waals surface area contributed by atoms with Gasteiger partial charge in [-0.1, -0.05) is 18.9 Å². The first-order valence-corrected chi connectivity index (χ1v) is 12.9. The van der Waals surface area contributed by atoms with Gasteiger partial charge < -0.3 is 9.64 Å². The number of ether oxygens (including phenoxy) is 1. The molecule has 1 aromatic heterocycles. The average molecular weight is 434 g/mol. The van der Waals surface area contributed by atoms with Crippen molar-refractivity contribution in [3.05, 3.63) is 30.1 Å². The van der Waals surface area contributed by atoms with Crippen molar-refractivity contribution >= 4 is 15.9 Å². The summed E-state index contributed by atoms with van der Waals surface area (Å²) in [5.74, 6) is 1.00. The molecule has 4 atom stereocenters. The average Bonchev–Trinajstić information content (AvgIpc) is 3.48. The number of rotatable bonds is 7. The van der Waals surface area contributed by atoms with Crippen LogP contribution in [0.5, 0.6) is 0 Å². The Balaban J connectivity index is 1.21. The summed E-state index contributed by atoms with van der Waals surface area (Å²) in [6.45, 7) is 1.71. The number of aromatic nitrogens is 1. The van der Waals surface area contributed by atoms with Crippen LogP contribution in [0.1, 0.15) is 44.1 Å². The standard InChI is InChI=1S/C22H31N3O4S/c26-21(10-17-6-3-9-23-11-17)25-13-19-18(20-7-8-22(19,15-25)29-20)12-24-30(27,28)14-16-4-1-2-5-16/h3,6,9,11,16,18-20,24H,1-2,4-5,7-8,10,12-15H2/t18-,19+,20+,22+/m0/s1. The summed E-state index contributed by atoms with van der Waals surface area (Å²) in [6, 6.07) is 3.77. The molecule has 1 aromatic rings. The third kappa shape index (κ3) is 3.89. The van der Waals surface area contributed by atoms with Crippen molar-refractivity contribution in [1.29, 1.82) is 0 Å². The van der Waals surface area contributed by atoms with Crippen molar-refractivity contribution in [1.82, 2.24) is 14.6 Å². The Bertz CT molecular complexity index is 887. The van der Waals surface area contributed by atoms with Gasteiger partial charge in [-0.25, -0.2) is 13.1 Å². The van der Waals surface area contributed by atoms with Crippen LogP contribution in [0, 0.1) is 17.8 Å². The van der Waals surface area contributed by atoms with Gasteiger partial charge in [0.25, 0.3) is 0 Å². The van der Waals surface area contributed by atoms with Crippen molar-refractivity contribution in [2.45, 2.75) is 56.7 Å². The topological polar surface area (TPSA) is 88.6 Å². The number of likely N-dealkylation sites (tertiary alicyclic amines) is 1. The second-order valence-corrected chi connectivity index (χ2v) is 11.5. The summed E-state index contributed by atoms with van der Waals surface area (Å²) in [7, 11) is -3.26. The second kappa shape index (κ2) is 7.88. The Hall–Kier alpha value is -1.51. The molecule has 0 unspecified atom stereocenters. The van der Waals surface area contributed by atoms with Gasteiger partial charge in [0.1, 0.15) is 0 Å². The SMILES string of the molecule is O=C(Cc1cccnc1)N1C[C@@H]2[C@H](CNS(=O)(=O)CC3CCCC3)[C@H]3CC[C@]2(C1)O3. The fourth-order valence-electron chi connectivity index (χ4n) is 6.21. The highest BCUT2D eigenvalue weighted by Crippen LogP contribution is 2.54. The zero-order valence-corrected chi connectivity index (χ0v) is 18.1. The van der Waals surface area contributed by atoms with Crippen molar-refractivity contribution < 1.29 is 17.9 Å². The van der Waals surface area contributed by atoms with Crippen LogP contribution in [0.3, 0.4) is 0 Å². The van der Waals surface area contributed by atoms with Crippen LogP contribution in [0.2, 0.25) is 0 Å². The Labute approximate surface area is 178 Å². The minimum Gasteiger partial charge on any atom is -0.369 e. The molecule has 7 nitrogen and oxygen atoms in total. The van der Waals surface area contributed by atoms with E-state index in [1.54, 1.807) is 12.4 Å². The van der Waals surface area contributed by atoms with Crippen LogP contribution in [0.15, 0.2) is 24.5 Å². The molecule has 3 saturated heterocycles. The number of hydrogen-bond acceptors (Lipinski definition) is 5. The van der Waals surface area contributed by atoms with E-state index >= 15 is 0 Å². The first-order valence-electron chi connectivity index (χ1n) is 11.3. The number of fused-ring (bicyclic) bond motifs is 1. The monoisotopic (exact) mass is 433 g/mol. The molecule has 0 radical (unpaired) electrons. The third-order valence-corrected chi connectivity index (χ3v) is 9.20. The number of pyridine rings is 1. The van der Waals surface area contributed by atoms with Crippen molar-refractivity contribution in [3.63, 3.8) is 0 Å². The van der Waals surface area contributed by atoms with Gasteiger partial charge in [-0.2, -0.15) is 0 Å². The lowest BCUT2D eigenvalue weighted by atomic mass is 9.74. The van der Waals surface area contributed by atoms with E-state index in [0.29, 0.717) is 32.0 Å². The maximum atomic E-state index is 12.9. The molecule has 1 N–H and O–H groups in total. The molecule has 1 aliphatic carbocycles. The van der Waals surface area contributed by atoms with E-state index in [2.05, 4.69) is 9.71 Å². The van der Waals surface area contributed by atoms with Gasteiger partial charge in [-0.05, 0) is 43.2 Å². The van der Waals surface area contributed by atoms with E-state index in [0.717, 1.165) is 44.1 Å². The Morgan fingerprint density at radius 3 is 2.90 bits per heavy atom. The molecular weight excluding hydrogens is 402 g/mol. The van der Waals surface area contributed by atoms with Gasteiger partial charge in [0.15, 0.2) is 0 Å². The summed E-state index contributed by atoms with van der Waals surface area (Å²) < 4.78 is 34.5. The first-order chi connectivity index (χ1) is 14.4. The second-order valence-electron chi connectivity index (χ2n) is 9.62. The molecule has 1 spiro atoms. The summed E-state index contributed by atoms with van der Waals surface area (Å²) in [6.07, 6.45) is 10.2. The molecule has 0 aromatic carbocycles. The molecule has 1 amide bonds. The summed E-state index contributed by atoms with van der Waals surface area (Å²) >= 11 is 0. The Morgan fingerprint density at radius 2 is 2.13 bits per heavy atom. The van der Waals surface area contributed by atoms with E-state index in [4.69, 9.17) is 4.74 Å². The lowest BCUT2D eigenvalue weighted by molar-refractivity contribution is -0.131. The van der Waals surface area contributed by atoms with E-state index in [1.165, 1.54) is 0 Å². The first kappa shape index (κ1) is 20.4. The molecule has 164 valence electrons. The van der Waals surface area contributed by atoms with Crippen LogP contribution in [0.4, 0.5) is 0 Å². The van der Waals surface area contributed by atoms with E-state index < -0.39 is 10.0 Å². The molecule has 4 fully saturated rings. The minimum absolute atomic E-state index is 0.0967. The summed E-state index contributed by atoms with van der Waals surface area (Å²) in [4.78, 5) is 18.9. The van der Waals surface area contributed by atoms with Crippen LogP contribution in [0.25, 0.3) is 0 Å². The van der Waals surface area contributed by atoms with Gasteiger partial charge in [-0.15, -0.1) is 0 Å². The third-order valence-electron chi connectivity index (χ3n) is 7.68. The molecular formula is C22H31N3O4S. The molecule has 2 bridgehead atoms. The molecule has 1 saturated carbocycles. The molecule has 8 heteroatoms. The van der Waals surface area contributed by atoms with E-state index in [-0.39, 0.29) is 35.2 Å². The number of hydrogen-bond donors (Lipinski definition) is 1. The minimum atomic E-state index is -3.26. The Kier molecular flexibility index (Phi) is 5.35. The predicted octanol–water partition coefficient (Wildman–Crippen LogP) is 1.74. The molecule has 4 heterocycles. The maximum absolute atomic E-state index is 12.9. The quantitative estimate of drug-likeness (QED) is 0.708. The molecule has 30 heavy (non-hydrogen) atoms. The zero-order chi connectivity index (χ0) is 20.8. The predicted molar refractivity (Wildman–Crippen MR) is 112 cm³/mol.